The van der Waals surface area contributed by atoms with Gasteiger partial charge in [0.25, 0.3) is 0 Å². The number of hydrogen-bond donors (Lipinski definition) is 0. The van der Waals surface area contributed by atoms with Crippen LogP contribution in [0.25, 0.3) is 0 Å². The Morgan fingerprint density at radius 2 is 1.54 bits per heavy atom. The van der Waals surface area contributed by atoms with Gasteiger partial charge in [0.15, 0.2) is 0 Å². The lowest BCUT2D eigenvalue weighted by Gasteiger charge is -2.17. The zero-order chi connectivity index (χ0) is 19.9. The van der Waals surface area contributed by atoms with Crippen LogP contribution in [0, 0.1) is 0 Å². The molecule has 1 heteroatoms. The van der Waals surface area contributed by atoms with E-state index >= 15 is 0 Å². The lowest BCUT2D eigenvalue weighted by Crippen LogP contribution is -2.12. The molecule has 1 nitrogen and oxygen atoms in total. The predicted octanol–water partition coefficient (Wildman–Crippen LogP) is 8.36. The van der Waals surface area contributed by atoms with Crippen LogP contribution in [0.15, 0.2) is 74.2 Å². The van der Waals surface area contributed by atoms with Crippen molar-refractivity contribution in [3.8, 4) is 0 Å². The molecule has 0 aromatic heterocycles. The predicted molar refractivity (Wildman–Crippen MR) is 122 cm³/mol. The van der Waals surface area contributed by atoms with Gasteiger partial charge in [0.05, 0.1) is 0 Å². The number of hydrogen-bond acceptors (Lipinski definition) is 1. The Morgan fingerprint density at radius 3 is 2.04 bits per heavy atom. The fraction of sp³-hybridized carbons (Fsp3) is 0.520. The highest BCUT2D eigenvalue weighted by atomic mass is 15.1. The van der Waals surface area contributed by atoms with Gasteiger partial charge in [-0.05, 0) is 37.2 Å². The van der Waals surface area contributed by atoms with E-state index in [9.17, 15) is 0 Å². The summed E-state index contributed by atoms with van der Waals surface area (Å²) in [5.74, 6) is 0. The summed E-state index contributed by atoms with van der Waals surface area (Å²) in [7, 11) is 0. The maximum Gasteiger partial charge on any atom is 0.0219 e. The lowest BCUT2D eigenvalue weighted by molar-refractivity contribution is 0.462. The Labute approximate surface area is 164 Å². The summed E-state index contributed by atoms with van der Waals surface area (Å²) in [6.07, 6.45) is 27.8. The Hall–Kier alpha value is -1.76. The highest BCUT2D eigenvalue weighted by Gasteiger charge is 1.96. The second-order valence-electron chi connectivity index (χ2n) is 6.36. The van der Waals surface area contributed by atoms with Crippen molar-refractivity contribution in [3.63, 3.8) is 0 Å². The molecule has 0 aliphatic carbocycles. The van der Waals surface area contributed by atoms with E-state index in [2.05, 4.69) is 70.0 Å². The third-order valence-electron chi connectivity index (χ3n) is 3.78. The average Bonchev–Trinajstić information content (AvgIpc) is 2.69. The summed E-state index contributed by atoms with van der Waals surface area (Å²) in [4.78, 5) is 2.29. The third kappa shape index (κ3) is 22.2. The molecule has 0 atom stereocenters. The van der Waals surface area contributed by atoms with Gasteiger partial charge in [-0.15, -0.1) is 6.58 Å². The molecule has 0 aromatic carbocycles. The summed E-state index contributed by atoms with van der Waals surface area (Å²) in [6, 6.07) is 0. The standard InChI is InChI=1S/C12H21N.C9H12.C4H10/c1-2-3-4-5-7-10-13-11-8-6-9-12-13;1-4-6-7-8-9(3)5-2;1-3-4-2/h8-9,11-12H,2-7,10H2,1H3;4-5,7-8H,1-3,6H2;3-4H2,1-2H3/b;8-7-;. The molecule has 1 rings (SSSR count). The van der Waals surface area contributed by atoms with Crippen LogP contribution in [-0.4, -0.2) is 11.4 Å². The second-order valence-corrected chi connectivity index (χ2v) is 6.36. The monoisotopic (exact) mass is 357 g/mol. The molecule has 0 aromatic rings. The van der Waals surface area contributed by atoms with Crippen molar-refractivity contribution in [2.75, 3.05) is 6.54 Å². The minimum atomic E-state index is 0.896. The van der Waals surface area contributed by atoms with E-state index in [-0.39, 0.29) is 0 Å². The molecule has 0 saturated carbocycles. The normalized spacial score (nSPS) is 12.0. The summed E-state index contributed by atoms with van der Waals surface area (Å²) >= 11 is 0. The second kappa shape index (κ2) is 23.2. The van der Waals surface area contributed by atoms with Gasteiger partial charge in [0, 0.05) is 6.54 Å². The van der Waals surface area contributed by atoms with E-state index in [1.165, 1.54) is 51.5 Å². The first kappa shape index (κ1) is 26.5. The molecule has 0 N–H and O–H groups in total. The molecule has 0 amide bonds. The van der Waals surface area contributed by atoms with Gasteiger partial charge in [0.1, 0.15) is 0 Å². The van der Waals surface area contributed by atoms with Crippen LogP contribution in [0.1, 0.15) is 78.6 Å². The first-order valence-corrected chi connectivity index (χ1v) is 10.3. The topological polar surface area (TPSA) is 3.24 Å². The van der Waals surface area contributed by atoms with Crippen LogP contribution in [0.5, 0.6) is 0 Å². The summed E-state index contributed by atoms with van der Waals surface area (Å²) in [5, 5.41) is 0. The Morgan fingerprint density at radius 1 is 0.923 bits per heavy atom. The highest BCUT2D eigenvalue weighted by molar-refractivity contribution is 5.25. The van der Waals surface area contributed by atoms with Gasteiger partial charge >= 0.3 is 0 Å². The lowest BCUT2D eigenvalue weighted by atomic mass is 10.1. The molecule has 1 heterocycles. The van der Waals surface area contributed by atoms with Gasteiger partial charge in [-0.1, -0.05) is 109 Å². The van der Waals surface area contributed by atoms with Gasteiger partial charge in [-0.3, -0.25) is 0 Å². The molecule has 0 saturated heterocycles. The van der Waals surface area contributed by atoms with Crippen molar-refractivity contribution in [1.29, 1.82) is 0 Å². The van der Waals surface area contributed by atoms with Crippen molar-refractivity contribution in [2.45, 2.75) is 78.6 Å². The molecule has 0 radical (unpaired) electrons. The highest BCUT2D eigenvalue weighted by Crippen LogP contribution is 2.07. The molecule has 0 unspecified atom stereocenters. The fourth-order valence-corrected chi connectivity index (χ4v) is 1.95. The summed E-state index contributed by atoms with van der Waals surface area (Å²) in [6.45, 7) is 18.7. The smallest absolute Gasteiger partial charge is 0.0219 e. The Bertz CT molecular complexity index is 398. The Balaban J connectivity index is 0. The van der Waals surface area contributed by atoms with E-state index in [0.29, 0.717) is 0 Å². The molecule has 0 bridgehead atoms. The van der Waals surface area contributed by atoms with Crippen molar-refractivity contribution < 1.29 is 0 Å². The number of allylic oxidation sites excluding steroid dienone is 7. The minimum Gasteiger partial charge on any atom is -0.355 e. The van der Waals surface area contributed by atoms with Gasteiger partial charge < -0.3 is 4.90 Å². The van der Waals surface area contributed by atoms with E-state index in [1.54, 1.807) is 6.08 Å². The summed E-state index contributed by atoms with van der Waals surface area (Å²) < 4.78 is 0. The number of rotatable bonds is 11. The largest absolute Gasteiger partial charge is 0.355 e. The SMILES string of the molecule is C=CC/C=C\C(=C)C=C.CCCC.CCCCCCCN1C=CCC=C1. The zero-order valence-corrected chi connectivity index (χ0v) is 17.8. The minimum absolute atomic E-state index is 0.896. The van der Waals surface area contributed by atoms with Crippen LogP contribution in [-0.2, 0) is 0 Å². The number of unbranched alkanes of at least 4 members (excludes halogenated alkanes) is 5. The van der Waals surface area contributed by atoms with E-state index in [0.717, 1.165) is 18.4 Å². The zero-order valence-electron chi connectivity index (χ0n) is 17.8. The van der Waals surface area contributed by atoms with E-state index < -0.39 is 0 Å². The molecular formula is C25H43N. The molecule has 1 aliphatic heterocycles. The molecule has 0 spiro atoms. The van der Waals surface area contributed by atoms with Crippen molar-refractivity contribution in [3.05, 3.63) is 74.2 Å². The first-order valence-electron chi connectivity index (χ1n) is 10.3. The van der Waals surface area contributed by atoms with Crippen molar-refractivity contribution in [2.24, 2.45) is 0 Å². The summed E-state index contributed by atoms with van der Waals surface area (Å²) in [5.41, 5.74) is 0.942. The first-order chi connectivity index (χ1) is 12.7. The average molecular weight is 358 g/mol. The van der Waals surface area contributed by atoms with E-state index in [4.69, 9.17) is 0 Å². The maximum absolute atomic E-state index is 3.71. The molecule has 1 aliphatic rings. The fourth-order valence-electron chi connectivity index (χ4n) is 1.95. The molecular weight excluding hydrogens is 314 g/mol. The van der Waals surface area contributed by atoms with Gasteiger partial charge in [0.2, 0.25) is 0 Å². The maximum atomic E-state index is 3.71. The molecule has 0 fully saturated rings. The molecule has 148 valence electrons. The quantitative estimate of drug-likeness (QED) is 0.204. The van der Waals surface area contributed by atoms with Crippen LogP contribution in [0.4, 0.5) is 0 Å². The van der Waals surface area contributed by atoms with Crippen molar-refractivity contribution >= 4 is 0 Å². The third-order valence-corrected chi connectivity index (χ3v) is 3.78. The van der Waals surface area contributed by atoms with Crippen molar-refractivity contribution in [1.82, 2.24) is 4.90 Å². The Kier molecular flexibility index (Phi) is 23.7. The molecule has 26 heavy (non-hydrogen) atoms. The van der Waals surface area contributed by atoms with Crippen LogP contribution in [0.2, 0.25) is 0 Å². The number of nitrogens with zero attached hydrogens (tertiary/aromatic N) is 1. The van der Waals surface area contributed by atoms with Crippen LogP contribution < -0.4 is 0 Å². The van der Waals surface area contributed by atoms with E-state index in [1.807, 2.05) is 18.2 Å². The van der Waals surface area contributed by atoms with Crippen LogP contribution >= 0.6 is 0 Å². The van der Waals surface area contributed by atoms with Gasteiger partial charge in [-0.2, -0.15) is 0 Å². The van der Waals surface area contributed by atoms with Gasteiger partial charge in [-0.25, -0.2) is 0 Å². The van der Waals surface area contributed by atoms with Crippen LogP contribution in [0.3, 0.4) is 0 Å².